The van der Waals surface area contributed by atoms with E-state index in [0.717, 1.165) is 11.3 Å². The Morgan fingerprint density at radius 2 is 1.96 bits per heavy atom. The molecule has 3 heterocycles. The Morgan fingerprint density at radius 1 is 1.12 bits per heavy atom. The second kappa shape index (κ2) is 6.01. The summed E-state index contributed by atoms with van der Waals surface area (Å²) in [7, 11) is 0. The van der Waals surface area contributed by atoms with E-state index in [-0.39, 0.29) is 5.82 Å². The molecule has 5 nitrogen and oxygen atoms in total. The van der Waals surface area contributed by atoms with Crippen molar-refractivity contribution < 1.29 is 8.78 Å². The van der Waals surface area contributed by atoms with Gasteiger partial charge in [-0.1, -0.05) is 6.07 Å². The van der Waals surface area contributed by atoms with Gasteiger partial charge in [-0.2, -0.15) is 5.10 Å². The largest absolute Gasteiger partial charge is 0.322 e. The number of halogens is 2. The average molecular weight is 353 g/mol. The minimum Gasteiger partial charge on any atom is -0.322 e. The molecule has 0 radical (unpaired) electrons. The molecule has 0 bridgehead atoms. The van der Waals surface area contributed by atoms with Crippen molar-refractivity contribution >= 4 is 6.34 Å². The van der Waals surface area contributed by atoms with Gasteiger partial charge in [0.2, 0.25) is 0 Å². The number of hydrogen-bond donors (Lipinski definition) is 0. The third-order valence-corrected chi connectivity index (χ3v) is 4.34. The lowest BCUT2D eigenvalue weighted by atomic mass is 10.0. The van der Waals surface area contributed by atoms with Crippen molar-refractivity contribution in [3.05, 3.63) is 60.6 Å². The molecule has 0 spiro atoms. The van der Waals surface area contributed by atoms with E-state index in [1.807, 2.05) is 0 Å². The fourth-order valence-electron chi connectivity index (χ4n) is 2.88. The number of fused-ring (bicyclic) bond motifs is 1. The van der Waals surface area contributed by atoms with Crippen molar-refractivity contribution in [3.8, 4) is 22.4 Å². The normalized spacial score (nSPS) is 13.8. The average Bonchev–Trinajstić information content (AvgIpc) is 3.05. The molecular formula is C19H17F2N5. The topological polar surface area (TPSA) is 46.3 Å². The van der Waals surface area contributed by atoms with Gasteiger partial charge in [-0.15, -0.1) is 0 Å². The van der Waals surface area contributed by atoms with Gasteiger partial charge in [0.15, 0.2) is 5.79 Å². The van der Waals surface area contributed by atoms with Crippen LogP contribution >= 0.6 is 0 Å². The molecule has 0 saturated heterocycles. The molecule has 4 rings (SSSR count). The maximum absolute atomic E-state index is 14.3. The monoisotopic (exact) mass is 353 g/mol. The van der Waals surface area contributed by atoms with Gasteiger partial charge in [0.1, 0.15) is 18.0 Å². The Balaban J connectivity index is 1.75. The molecule has 0 fully saturated rings. The summed E-state index contributed by atoms with van der Waals surface area (Å²) in [5.74, 6) is -1.22. The molecule has 132 valence electrons. The van der Waals surface area contributed by atoms with Crippen LogP contribution in [0, 0.1) is 5.82 Å². The minimum atomic E-state index is -1.52. The molecule has 0 atom stereocenters. The zero-order chi connectivity index (χ0) is 18.3. The summed E-state index contributed by atoms with van der Waals surface area (Å²) in [4.78, 5) is 9.88. The zero-order valence-corrected chi connectivity index (χ0v) is 14.4. The lowest BCUT2D eigenvalue weighted by Crippen LogP contribution is -2.41. The number of hydrogen-bond acceptors (Lipinski definition) is 4. The van der Waals surface area contributed by atoms with E-state index in [1.165, 1.54) is 31.2 Å². The molecule has 2 aromatic heterocycles. The Bertz CT molecular complexity index is 973. The van der Waals surface area contributed by atoms with Crippen LogP contribution in [0.2, 0.25) is 0 Å². The molecule has 3 aromatic rings. The summed E-state index contributed by atoms with van der Waals surface area (Å²) in [5, 5.41) is 4.31. The molecule has 0 aliphatic carbocycles. The highest BCUT2D eigenvalue weighted by Crippen LogP contribution is 2.30. The predicted octanol–water partition coefficient (Wildman–Crippen LogP) is 4.06. The molecule has 0 saturated carbocycles. The number of imidazole rings is 1. The first-order valence-electron chi connectivity index (χ1n) is 8.20. The third-order valence-electron chi connectivity index (χ3n) is 4.34. The molecule has 0 unspecified atom stereocenters. The van der Waals surface area contributed by atoms with E-state index in [1.54, 1.807) is 47.5 Å². The summed E-state index contributed by atoms with van der Waals surface area (Å²) in [5.41, 5.74) is 2.64. The van der Waals surface area contributed by atoms with Gasteiger partial charge >= 0.3 is 0 Å². The summed E-state index contributed by atoms with van der Waals surface area (Å²) >= 11 is 0. The van der Waals surface area contributed by atoms with E-state index in [2.05, 4.69) is 15.1 Å². The van der Waals surface area contributed by atoms with Crippen LogP contribution in [0.1, 0.15) is 19.7 Å². The first-order valence-corrected chi connectivity index (χ1v) is 8.20. The maximum Gasteiger partial charge on any atom is 0.178 e. The molecule has 1 aromatic carbocycles. The Hall–Kier alpha value is -3.09. The lowest BCUT2D eigenvalue weighted by molar-refractivity contribution is 0.0497. The highest BCUT2D eigenvalue weighted by Gasteiger charge is 2.28. The SMILES string of the molecule is CC(C)(F)N1C=Nn2c(-c3ccc(F)c(-c4cccnc4)c3)cnc2C1. The molecule has 0 amide bonds. The van der Waals surface area contributed by atoms with Gasteiger partial charge in [-0.25, -0.2) is 18.4 Å². The van der Waals surface area contributed by atoms with Crippen LogP contribution in [0.15, 0.2) is 54.0 Å². The Kier molecular flexibility index (Phi) is 3.79. The van der Waals surface area contributed by atoms with E-state index >= 15 is 0 Å². The van der Waals surface area contributed by atoms with E-state index < -0.39 is 5.79 Å². The van der Waals surface area contributed by atoms with Crippen molar-refractivity contribution in [1.29, 1.82) is 0 Å². The fourth-order valence-corrected chi connectivity index (χ4v) is 2.88. The quantitative estimate of drug-likeness (QED) is 0.667. The van der Waals surface area contributed by atoms with Gasteiger partial charge < -0.3 is 4.90 Å². The molecule has 1 aliphatic rings. The molecule has 1 aliphatic heterocycles. The van der Waals surface area contributed by atoms with Gasteiger partial charge in [0.25, 0.3) is 0 Å². The van der Waals surface area contributed by atoms with Gasteiger partial charge in [-0.05, 0) is 38.1 Å². The predicted molar refractivity (Wildman–Crippen MR) is 95.5 cm³/mol. The number of benzene rings is 1. The fraction of sp³-hybridized carbons (Fsp3) is 0.211. The van der Waals surface area contributed by atoms with Crippen LogP contribution in [-0.2, 0) is 6.54 Å². The molecule has 7 heteroatoms. The smallest absolute Gasteiger partial charge is 0.178 e. The van der Waals surface area contributed by atoms with Crippen LogP contribution in [-0.4, -0.2) is 31.7 Å². The van der Waals surface area contributed by atoms with Crippen LogP contribution in [0.4, 0.5) is 8.78 Å². The summed E-state index contributed by atoms with van der Waals surface area (Å²) < 4.78 is 30.1. The third kappa shape index (κ3) is 2.85. The van der Waals surface area contributed by atoms with E-state index in [0.29, 0.717) is 23.5 Å². The van der Waals surface area contributed by atoms with Gasteiger partial charge in [-0.3, -0.25) is 4.98 Å². The van der Waals surface area contributed by atoms with Crippen LogP contribution < -0.4 is 0 Å². The summed E-state index contributed by atoms with van der Waals surface area (Å²) in [6.07, 6.45) is 6.39. The summed E-state index contributed by atoms with van der Waals surface area (Å²) in [6, 6.07) is 8.42. The Morgan fingerprint density at radius 3 is 2.69 bits per heavy atom. The zero-order valence-electron chi connectivity index (χ0n) is 14.4. The first-order chi connectivity index (χ1) is 12.4. The van der Waals surface area contributed by atoms with Crippen LogP contribution in [0.3, 0.4) is 0 Å². The highest BCUT2D eigenvalue weighted by molar-refractivity contribution is 5.72. The van der Waals surface area contributed by atoms with Crippen molar-refractivity contribution in [2.75, 3.05) is 0 Å². The first kappa shape index (κ1) is 16.4. The standard InChI is InChI=1S/C19H17F2N5/c1-19(2,21)25-11-18-23-10-17(26(18)24-12-25)13-5-6-16(20)15(8-13)14-4-3-7-22-9-14/h3-10,12H,11H2,1-2H3. The molecule has 0 N–H and O–H groups in total. The minimum absolute atomic E-state index is 0.309. The maximum atomic E-state index is 14.3. The number of pyridine rings is 1. The van der Waals surface area contributed by atoms with E-state index in [9.17, 15) is 8.78 Å². The van der Waals surface area contributed by atoms with Crippen molar-refractivity contribution in [2.24, 2.45) is 5.10 Å². The molecule has 26 heavy (non-hydrogen) atoms. The van der Waals surface area contributed by atoms with Crippen LogP contribution in [0.25, 0.3) is 22.4 Å². The second-order valence-corrected chi connectivity index (χ2v) is 6.58. The Labute approximate surface area is 149 Å². The number of alkyl halides is 1. The second-order valence-electron chi connectivity index (χ2n) is 6.58. The molecular weight excluding hydrogens is 336 g/mol. The summed E-state index contributed by atoms with van der Waals surface area (Å²) in [6.45, 7) is 3.25. The highest BCUT2D eigenvalue weighted by atomic mass is 19.1. The van der Waals surface area contributed by atoms with E-state index in [4.69, 9.17) is 0 Å². The lowest BCUT2D eigenvalue weighted by Gasteiger charge is -2.31. The van der Waals surface area contributed by atoms with Gasteiger partial charge in [0, 0.05) is 29.1 Å². The van der Waals surface area contributed by atoms with Crippen molar-refractivity contribution in [2.45, 2.75) is 26.2 Å². The van der Waals surface area contributed by atoms with Crippen molar-refractivity contribution in [3.63, 3.8) is 0 Å². The number of rotatable bonds is 3. The number of aromatic nitrogens is 3. The van der Waals surface area contributed by atoms with Crippen molar-refractivity contribution in [1.82, 2.24) is 19.5 Å². The van der Waals surface area contributed by atoms with Crippen LogP contribution in [0.5, 0.6) is 0 Å². The number of nitrogens with zero attached hydrogens (tertiary/aromatic N) is 5. The van der Waals surface area contributed by atoms with Gasteiger partial charge in [0.05, 0.1) is 18.4 Å².